The zero-order valence-electron chi connectivity index (χ0n) is 9.00. The van der Waals surface area contributed by atoms with Crippen molar-refractivity contribution >= 4 is 33.2 Å². The van der Waals surface area contributed by atoms with Crippen LogP contribution in [0, 0.1) is 0 Å². The molecule has 1 aromatic heterocycles. The molecule has 0 bridgehead atoms. The minimum Gasteiger partial charge on any atom is -0.368 e. The van der Waals surface area contributed by atoms with Gasteiger partial charge in [0, 0.05) is 6.61 Å². The number of ether oxygens (including phenoxy) is 1. The van der Waals surface area contributed by atoms with Crippen molar-refractivity contribution in [3.8, 4) is 0 Å². The van der Waals surface area contributed by atoms with Crippen molar-refractivity contribution in [2.24, 2.45) is 0 Å². The monoisotopic (exact) mass is 253 g/mol. The highest BCUT2D eigenvalue weighted by Gasteiger charge is 2.35. The average molecular weight is 254 g/mol. The van der Waals surface area contributed by atoms with Gasteiger partial charge in [-0.2, -0.15) is 0 Å². The molecule has 1 unspecified atom stereocenters. The number of benzene rings is 1. The molecule has 2 nitrogen and oxygen atoms in total. The fourth-order valence-corrected chi connectivity index (χ4v) is 3.48. The Labute approximate surface area is 103 Å². The van der Waals surface area contributed by atoms with Crippen molar-refractivity contribution in [1.82, 2.24) is 4.98 Å². The highest BCUT2D eigenvalue weighted by Crippen LogP contribution is 2.40. The van der Waals surface area contributed by atoms with Gasteiger partial charge in [0.25, 0.3) is 0 Å². The summed E-state index contributed by atoms with van der Waals surface area (Å²) in [6.45, 7) is 2.95. The molecule has 0 radical (unpaired) electrons. The van der Waals surface area contributed by atoms with Crippen LogP contribution in [0.1, 0.15) is 24.8 Å². The Morgan fingerprint density at radius 1 is 1.50 bits per heavy atom. The number of nitrogens with zero attached hydrogens (tertiary/aromatic N) is 1. The first-order valence-corrected chi connectivity index (χ1v) is 6.58. The van der Waals surface area contributed by atoms with E-state index in [9.17, 15) is 0 Å². The molecule has 4 heteroatoms. The Hall–Kier alpha value is -0.640. The van der Waals surface area contributed by atoms with Gasteiger partial charge in [-0.3, -0.25) is 0 Å². The summed E-state index contributed by atoms with van der Waals surface area (Å²) in [5.41, 5.74) is 0.702. The van der Waals surface area contributed by atoms with Crippen LogP contribution in [0.2, 0.25) is 5.02 Å². The van der Waals surface area contributed by atoms with Crippen molar-refractivity contribution in [2.45, 2.75) is 25.4 Å². The Bertz CT molecular complexity index is 531. The average Bonchev–Trinajstić information content (AvgIpc) is 2.85. The largest absolute Gasteiger partial charge is 0.368 e. The van der Waals surface area contributed by atoms with Crippen molar-refractivity contribution in [3.05, 3.63) is 28.2 Å². The molecule has 0 aliphatic carbocycles. The van der Waals surface area contributed by atoms with Gasteiger partial charge in [-0.25, -0.2) is 4.98 Å². The van der Waals surface area contributed by atoms with E-state index in [2.05, 4.69) is 18.0 Å². The van der Waals surface area contributed by atoms with Crippen LogP contribution < -0.4 is 0 Å². The third-order valence-electron chi connectivity index (χ3n) is 3.04. The third-order valence-corrected chi connectivity index (χ3v) is 4.61. The maximum atomic E-state index is 6.13. The second-order valence-corrected chi connectivity index (χ2v) is 5.73. The van der Waals surface area contributed by atoms with Crippen LogP contribution >= 0.6 is 22.9 Å². The Morgan fingerprint density at radius 3 is 3.06 bits per heavy atom. The zero-order chi connectivity index (χ0) is 11.2. The fourth-order valence-electron chi connectivity index (χ4n) is 2.09. The summed E-state index contributed by atoms with van der Waals surface area (Å²) in [5.74, 6) is 0. The van der Waals surface area contributed by atoms with Gasteiger partial charge in [-0.15, -0.1) is 11.3 Å². The molecule has 0 N–H and O–H groups in total. The van der Waals surface area contributed by atoms with Crippen LogP contribution in [0.4, 0.5) is 0 Å². The van der Waals surface area contributed by atoms with Gasteiger partial charge in [0.2, 0.25) is 0 Å². The predicted octanol–water partition coefficient (Wildman–Crippen LogP) is 3.98. The number of thiazole rings is 1. The number of fused-ring (bicyclic) bond motifs is 1. The molecule has 1 aliphatic rings. The minimum absolute atomic E-state index is 0.201. The van der Waals surface area contributed by atoms with E-state index in [0.717, 1.165) is 39.7 Å². The molecule has 2 heterocycles. The number of rotatable bonds is 1. The third kappa shape index (κ3) is 1.54. The molecule has 0 spiro atoms. The first-order valence-electron chi connectivity index (χ1n) is 5.38. The molecule has 1 fully saturated rings. The summed E-state index contributed by atoms with van der Waals surface area (Å²) >= 11 is 7.81. The van der Waals surface area contributed by atoms with Crippen molar-refractivity contribution < 1.29 is 4.74 Å². The summed E-state index contributed by atoms with van der Waals surface area (Å²) in [6.07, 6.45) is 2.16. The van der Waals surface area contributed by atoms with Crippen LogP contribution in [0.15, 0.2) is 18.2 Å². The van der Waals surface area contributed by atoms with Gasteiger partial charge < -0.3 is 4.74 Å². The van der Waals surface area contributed by atoms with Crippen molar-refractivity contribution in [1.29, 1.82) is 0 Å². The molecule has 1 aliphatic heterocycles. The molecule has 16 heavy (non-hydrogen) atoms. The lowest BCUT2D eigenvalue weighted by Gasteiger charge is -2.19. The van der Waals surface area contributed by atoms with E-state index in [-0.39, 0.29) is 5.60 Å². The highest BCUT2D eigenvalue weighted by atomic mass is 35.5. The van der Waals surface area contributed by atoms with Crippen LogP contribution in [-0.2, 0) is 10.3 Å². The second kappa shape index (κ2) is 3.69. The zero-order valence-corrected chi connectivity index (χ0v) is 10.6. The number of aromatic nitrogens is 1. The van der Waals surface area contributed by atoms with Crippen LogP contribution in [0.5, 0.6) is 0 Å². The molecule has 0 saturated carbocycles. The molecule has 1 saturated heterocycles. The van der Waals surface area contributed by atoms with Crippen molar-refractivity contribution in [3.63, 3.8) is 0 Å². The lowest BCUT2D eigenvalue weighted by Crippen LogP contribution is -2.19. The van der Waals surface area contributed by atoms with Crippen LogP contribution in [-0.4, -0.2) is 11.6 Å². The van der Waals surface area contributed by atoms with E-state index in [1.807, 2.05) is 12.1 Å². The first kappa shape index (κ1) is 10.5. The van der Waals surface area contributed by atoms with E-state index < -0.39 is 0 Å². The molecular formula is C12H12ClNOS. The Balaban J connectivity index is 2.15. The van der Waals surface area contributed by atoms with E-state index in [1.165, 1.54) is 0 Å². The maximum Gasteiger partial charge on any atom is 0.126 e. The number of hydrogen-bond acceptors (Lipinski definition) is 3. The Morgan fingerprint density at radius 2 is 2.38 bits per heavy atom. The molecular weight excluding hydrogens is 242 g/mol. The second-order valence-electron chi connectivity index (χ2n) is 4.29. The summed E-state index contributed by atoms with van der Waals surface area (Å²) in [5, 5.41) is 1.77. The standard InChI is InChI=1S/C12H12ClNOS/c1-12(6-3-7-15-12)11-14-10-8(13)4-2-5-9(10)16-11/h2,4-5H,3,6-7H2,1H3. The molecule has 0 amide bonds. The van der Waals surface area contributed by atoms with Crippen LogP contribution in [0.25, 0.3) is 10.2 Å². The van der Waals surface area contributed by atoms with Gasteiger partial charge in [-0.1, -0.05) is 17.7 Å². The lowest BCUT2D eigenvalue weighted by molar-refractivity contribution is 0.0168. The van der Waals surface area contributed by atoms with Gasteiger partial charge in [0.1, 0.15) is 16.1 Å². The predicted molar refractivity (Wildman–Crippen MR) is 67.2 cm³/mol. The number of halogens is 1. The summed E-state index contributed by atoms with van der Waals surface area (Å²) in [6, 6.07) is 5.90. The van der Waals surface area contributed by atoms with E-state index >= 15 is 0 Å². The number of para-hydroxylation sites is 1. The molecule has 1 atom stereocenters. The molecule has 1 aromatic carbocycles. The topological polar surface area (TPSA) is 22.1 Å². The van der Waals surface area contributed by atoms with E-state index in [1.54, 1.807) is 11.3 Å². The normalized spacial score (nSPS) is 25.4. The summed E-state index contributed by atoms with van der Waals surface area (Å²) < 4.78 is 6.94. The highest BCUT2D eigenvalue weighted by molar-refractivity contribution is 7.18. The fraction of sp³-hybridized carbons (Fsp3) is 0.417. The quantitative estimate of drug-likeness (QED) is 0.767. The van der Waals surface area contributed by atoms with Gasteiger partial charge in [0.05, 0.1) is 9.72 Å². The minimum atomic E-state index is -0.201. The first-order chi connectivity index (χ1) is 7.69. The lowest BCUT2D eigenvalue weighted by atomic mass is 10.0. The molecule has 2 aromatic rings. The van der Waals surface area contributed by atoms with Gasteiger partial charge in [-0.05, 0) is 31.9 Å². The van der Waals surface area contributed by atoms with Gasteiger partial charge in [0.15, 0.2) is 0 Å². The van der Waals surface area contributed by atoms with Crippen molar-refractivity contribution in [2.75, 3.05) is 6.61 Å². The summed E-state index contributed by atoms with van der Waals surface area (Å²) in [7, 11) is 0. The molecule has 3 rings (SSSR count). The van der Waals surface area contributed by atoms with Gasteiger partial charge >= 0.3 is 0 Å². The number of hydrogen-bond donors (Lipinski definition) is 0. The Kier molecular flexibility index (Phi) is 2.42. The smallest absolute Gasteiger partial charge is 0.126 e. The van der Waals surface area contributed by atoms with E-state index in [4.69, 9.17) is 16.3 Å². The van der Waals surface area contributed by atoms with E-state index in [0.29, 0.717) is 0 Å². The summed E-state index contributed by atoms with van der Waals surface area (Å²) in [4.78, 5) is 4.63. The maximum absolute atomic E-state index is 6.13. The molecule has 84 valence electrons. The van der Waals surface area contributed by atoms with Crippen LogP contribution in [0.3, 0.4) is 0 Å². The SMILES string of the molecule is CC1(c2nc3c(Cl)cccc3s2)CCCO1.